The summed E-state index contributed by atoms with van der Waals surface area (Å²) in [5.41, 5.74) is 3.91. The number of nitrogens with zero attached hydrogens (tertiary/aromatic N) is 1. The van der Waals surface area contributed by atoms with Crippen LogP contribution in [-0.2, 0) is 0 Å². The van der Waals surface area contributed by atoms with Gasteiger partial charge in [-0.3, -0.25) is 9.89 Å². The Bertz CT molecular complexity index is 668. The first-order chi connectivity index (χ1) is 8.38. The van der Waals surface area contributed by atoms with E-state index in [-0.39, 0.29) is 0 Å². The average molecular weight is 222 g/mol. The maximum absolute atomic E-state index is 10.6. The van der Waals surface area contributed by atoms with Gasteiger partial charge in [0.15, 0.2) is 0 Å². The van der Waals surface area contributed by atoms with Gasteiger partial charge in [-0.25, -0.2) is 0 Å². The summed E-state index contributed by atoms with van der Waals surface area (Å²) in [4.78, 5) is 10.6. The summed E-state index contributed by atoms with van der Waals surface area (Å²) < 4.78 is 0. The Labute approximate surface area is 98.1 Å². The summed E-state index contributed by atoms with van der Waals surface area (Å²) >= 11 is 0. The number of benzene rings is 2. The van der Waals surface area contributed by atoms with E-state index in [0.29, 0.717) is 5.56 Å². The van der Waals surface area contributed by atoms with E-state index in [1.54, 1.807) is 0 Å². The predicted molar refractivity (Wildman–Crippen MR) is 66.9 cm³/mol. The molecule has 0 bridgehead atoms. The summed E-state index contributed by atoms with van der Waals surface area (Å²) in [6.45, 7) is 0. The molecule has 0 unspecified atom stereocenters. The second-order valence-electron chi connectivity index (χ2n) is 3.88. The maximum atomic E-state index is 10.6. The first-order valence-corrected chi connectivity index (χ1v) is 5.36. The van der Waals surface area contributed by atoms with Crippen LogP contribution >= 0.6 is 0 Å². The second-order valence-corrected chi connectivity index (χ2v) is 3.88. The second kappa shape index (κ2) is 3.87. The minimum atomic E-state index is 0.688. The summed E-state index contributed by atoms with van der Waals surface area (Å²) in [7, 11) is 0. The van der Waals surface area contributed by atoms with Crippen molar-refractivity contribution in [3.63, 3.8) is 0 Å². The molecule has 3 nitrogen and oxygen atoms in total. The maximum Gasteiger partial charge on any atom is 0.150 e. The number of hydrogen-bond donors (Lipinski definition) is 1. The lowest BCUT2D eigenvalue weighted by Crippen LogP contribution is -1.82. The predicted octanol–water partition coefficient (Wildman–Crippen LogP) is 3.04. The number of aldehydes is 1. The standard InChI is InChI=1S/C14H10N2O/c17-9-10-4-6-11(7-5-10)12-2-1-3-14-13(12)8-15-16-14/h1-9H,(H,15,16). The van der Waals surface area contributed by atoms with Crippen molar-refractivity contribution in [2.24, 2.45) is 0 Å². The number of rotatable bonds is 2. The molecule has 0 radical (unpaired) electrons. The Morgan fingerprint density at radius 3 is 2.65 bits per heavy atom. The van der Waals surface area contributed by atoms with Gasteiger partial charge in [-0.2, -0.15) is 5.10 Å². The van der Waals surface area contributed by atoms with Crippen molar-refractivity contribution in [2.75, 3.05) is 0 Å². The smallest absolute Gasteiger partial charge is 0.150 e. The summed E-state index contributed by atoms with van der Waals surface area (Å²) in [5, 5.41) is 8.08. The van der Waals surface area contributed by atoms with Crippen LogP contribution in [0.3, 0.4) is 0 Å². The summed E-state index contributed by atoms with van der Waals surface area (Å²) in [5.74, 6) is 0. The van der Waals surface area contributed by atoms with E-state index in [2.05, 4.69) is 10.2 Å². The Balaban J connectivity index is 2.19. The van der Waals surface area contributed by atoms with Gasteiger partial charge in [0.1, 0.15) is 6.29 Å². The van der Waals surface area contributed by atoms with E-state index in [1.165, 1.54) is 0 Å². The molecule has 1 heterocycles. The Kier molecular flexibility index (Phi) is 2.22. The van der Waals surface area contributed by atoms with Crippen LogP contribution < -0.4 is 0 Å². The van der Waals surface area contributed by atoms with Gasteiger partial charge in [0.05, 0.1) is 11.7 Å². The molecular weight excluding hydrogens is 212 g/mol. The van der Waals surface area contributed by atoms with Crippen molar-refractivity contribution in [3.8, 4) is 11.1 Å². The van der Waals surface area contributed by atoms with Crippen LogP contribution in [0.1, 0.15) is 10.4 Å². The Hall–Kier alpha value is -2.42. The third kappa shape index (κ3) is 1.61. The third-order valence-electron chi connectivity index (χ3n) is 2.84. The normalized spacial score (nSPS) is 10.6. The van der Waals surface area contributed by atoms with Crippen LogP contribution in [0, 0.1) is 0 Å². The molecule has 0 amide bonds. The molecule has 0 fully saturated rings. The van der Waals surface area contributed by atoms with E-state index < -0.39 is 0 Å². The van der Waals surface area contributed by atoms with Gasteiger partial charge in [-0.1, -0.05) is 36.4 Å². The molecule has 0 atom stereocenters. The molecule has 3 heteroatoms. The molecule has 0 spiro atoms. The van der Waals surface area contributed by atoms with Crippen LogP contribution in [0.15, 0.2) is 48.7 Å². The molecule has 0 aliphatic carbocycles. The van der Waals surface area contributed by atoms with Crippen molar-refractivity contribution >= 4 is 17.2 Å². The van der Waals surface area contributed by atoms with Gasteiger partial charge in [0.2, 0.25) is 0 Å². The summed E-state index contributed by atoms with van der Waals surface area (Å²) in [6, 6.07) is 13.6. The number of aromatic nitrogens is 2. The molecule has 82 valence electrons. The first kappa shape index (κ1) is 9.78. The van der Waals surface area contributed by atoms with Gasteiger partial charge >= 0.3 is 0 Å². The van der Waals surface area contributed by atoms with Crippen LogP contribution in [0.2, 0.25) is 0 Å². The monoisotopic (exact) mass is 222 g/mol. The molecule has 2 aromatic carbocycles. The van der Waals surface area contributed by atoms with Gasteiger partial charge < -0.3 is 0 Å². The highest BCUT2D eigenvalue weighted by atomic mass is 16.1. The molecule has 0 aliphatic heterocycles. The largest absolute Gasteiger partial charge is 0.298 e. The van der Waals surface area contributed by atoms with Crippen molar-refractivity contribution in [3.05, 3.63) is 54.2 Å². The fourth-order valence-electron chi connectivity index (χ4n) is 1.96. The number of hydrogen-bond acceptors (Lipinski definition) is 2. The van der Waals surface area contributed by atoms with Crippen molar-refractivity contribution in [1.82, 2.24) is 10.2 Å². The fourth-order valence-corrected chi connectivity index (χ4v) is 1.96. The van der Waals surface area contributed by atoms with Crippen LogP contribution in [-0.4, -0.2) is 16.5 Å². The SMILES string of the molecule is O=Cc1ccc(-c2cccc3[nH]ncc23)cc1. The van der Waals surface area contributed by atoms with Gasteiger partial charge in [-0.05, 0) is 17.2 Å². The van der Waals surface area contributed by atoms with Crippen molar-refractivity contribution < 1.29 is 4.79 Å². The van der Waals surface area contributed by atoms with Crippen LogP contribution in [0.4, 0.5) is 0 Å². The quantitative estimate of drug-likeness (QED) is 0.677. The number of aromatic amines is 1. The zero-order chi connectivity index (χ0) is 11.7. The molecule has 3 rings (SSSR count). The van der Waals surface area contributed by atoms with Gasteiger partial charge in [-0.15, -0.1) is 0 Å². The molecule has 1 aromatic heterocycles. The van der Waals surface area contributed by atoms with E-state index in [1.807, 2.05) is 48.7 Å². The minimum Gasteiger partial charge on any atom is -0.298 e. The zero-order valence-corrected chi connectivity index (χ0v) is 9.05. The number of carbonyl (C=O) groups is 1. The van der Waals surface area contributed by atoms with Crippen molar-refractivity contribution in [1.29, 1.82) is 0 Å². The number of carbonyl (C=O) groups excluding carboxylic acids is 1. The van der Waals surface area contributed by atoms with E-state index >= 15 is 0 Å². The highest BCUT2D eigenvalue weighted by Crippen LogP contribution is 2.27. The average Bonchev–Trinajstić information content (AvgIpc) is 2.87. The summed E-state index contributed by atoms with van der Waals surface area (Å²) in [6.07, 6.45) is 2.67. The fraction of sp³-hybridized carbons (Fsp3) is 0. The van der Waals surface area contributed by atoms with Gasteiger partial charge in [0.25, 0.3) is 0 Å². The van der Waals surface area contributed by atoms with E-state index in [0.717, 1.165) is 28.3 Å². The Morgan fingerprint density at radius 2 is 1.88 bits per heavy atom. The molecule has 17 heavy (non-hydrogen) atoms. The lowest BCUT2D eigenvalue weighted by molar-refractivity contribution is 0.112. The molecular formula is C14H10N2O. The lowest BCUT2D eigenvalue weighted by Gasteiger charge is -2.03. The number of nitrogens with one attached hydrogen (secondary N) is 1. The lowest BCUT2D eigenvalue weighted by atomic mass is 10.0. The Morgan fingerprint density at radius 1 is 1.06 bits per heavy atom. The topological polar surface area (TPSA) is 45.8 Å². The van der Waals surface area contributed by atoms with Crippen molar-refractivity contribution in [2.45, 2.75) is 0 Å². The highest BCUT2D eigenvalue weighted by molar-refractivity contribution is 5.94. The first-order valence-electron chi connectivity index (χ1n) is 5.36. The van der Waals surface area contributed by atoms with Crippen LogP contribution in [0.5, 0.6) is 0 Å². The van der Waals surface area contributed by atoms with Gasteiger partial charge in [0, 0.05) is 10.9 Å². The number of H-pyrrole nitrogens is 1. The van der Waals surface area contributed by atoms with E-state index in [9.17, 15) is 4.79 Å². The highest BCUT2D eigenvalue weighted by Gasteiger charge is 2.04. The zero-order valence-electron chi connectivity index (χ0n) is 9.05. The minimum absolute atomic E-state index is 0.688. The molecule has 3 aromatic rings. The van der Waals surface area contributed by atoms with E-state index in [4.69, 9.17) is 0 Å². The molecule has 0 saturated heterocycles. The molecule has 0 saturated carbocycles. The van der Waals surface area contributed by atoms with Crippen LogP contribution in [0.25, 0.3) is 22.0 Å². The number of fused-ring (bicyclic) bond motifs is 1. The molecule has 1 N–H and O–H groups in total. The molecule has 0 aliphatic rings. The third-order valence-corrected chi connectivity index (χ3v) is 2.84.